The van der Waals surface area contributed by atoms with Crippen molar-refractivity contribution in [3.05, 3.63) is 48.5 Å². The van der Waals surface area contributed by atoms with Gasteiger partial charge >= 0.3 is 0 Å². The van der Waals surface area contributed by atoms with Gasteiger partial charge in [0, 0.05) is 37.1 Å². The summed E-state index contributed by atoms with van der Waals surface area (Å²) in [7, 11) is 0. The second kappa shape index (κ2) is 9.75. The number of hydrogen-bond acceptors (Lipinski definition) is 3. The molecule has 1 heterocycles. The predicted octanol–water partition coefficient (Wildman–Crippen LogP) is 3.01. The molecule has 1 atom stereocenters. The van der Waals surface area contributed by atoms with Gasteiger partial charge in [0.15, 0.2) is 0 Å². The number of amides is 2. The summed E-state index contributed by atoms with van der Waals surface area (Å²) in [5.41, 5.74) is 1.67. The van der Waals surface area contributed by atoms with Crippen molar-refractivity contribution < 1.29 is 9.59 Å². The molecular formula is C20H28N4O2. The molecule has 0 fully saturated rings. The number of carbonyl (C=O) groups excluding carboxylic acids is 2. The molecule has 2 amide bonds. The fourth-order valence-corrected chi connectivity index (χ4v) is 2.64. The first-order chi connectivity index (χ1) is 12.5. The summed E-state index contributed by atoms with van der Waals surface area (Å²) >= 11 is 0. The quantitative estimate of drug-likeness (QED) is 0.725. The fourth-order valence-electron chi connectivity index (χ4n) is 2.64. The number of nitrogens with zero attached hydrogens (tertiary/aromatic N) is 2. The van der Waals surface area contributed by atoms with Crippen LogP contribution in [-0.4, -0.2) is 27.4 Å². The SMILES string of the molecule is CCCC(=O)Nc1ccc(CC(=O)NC(Cn2ccnc2)C(C)C)cc1. The summed E-state index contributed by atoms with van der Waals surface area (Å²) in [6.45, 7) is 6.86. The minimum atomic E-state index is -0.00779. The molecule has 0 aliphatic rings. The lowest BCUT2D eigenvalue weighted by atomic mass is 10.0. The van der Waals surface area contributed by atoms with Crippen LogP contribution < -0.4 is 10.6 Å². The molecule has 26 heavy (non-hydrogen) atoms. The van der Waals surface area contributed by atoms with E-state index in [1.165, 1.54) is 0 Å². The predicted molar refractivity (Wildman–Crippen MR) is 103 cm³/mol. The van der Waals surface area contributed by atoms with Gasteiger partial charge in [-0.05, 0) is 30.0 Å². The molecule has 6 nitrogen and oxygen atoms in total. The van der Waals surface area contributed by atoms with Gasteiger partial charge in [0.25, 0.3) is 0 Å². The van der Waals surface area contributed by atoms with Gasteiger partial charge in [-0.1, -0.05) is 32.9 Å². The lowest BCUT2D eigenvalue weighted by Gasteiger charge is -2.23. The van der Waals surface area contributed by atoms with Crippen LogP contribution in [0.5, 0.6) is 0 Å². The van der Waals surface area contributed by atoms with Crippen molar-refractivity contribution in [2.75, 3.05) is 5.32 Å². The number of carbonyl (C=O) groups is 2. The van der Waals surface area contributed by atoms with Crippen LogP contribution in [-0.2, 0) is 22.6 Å². The number of anilines is 1. The monoisotopic (exact) mass is 356 g/mol. The van der Waals surface area contributed by atoms with Crippen LogP contribution in [0.25, 0.3) is 0 Å². The van der Waals surface area contributed by atoms with Gasteiger partial charge in [0.1, 0.15) is 0 Å². The second-order valence-corrected chi connectivity index (χ2v) is 6.85. The minimum absolute atomic E-state index is 0.00779. The Kier molecular flexibility index (Phi) is 7.38. The van der Waals surface area contributed by atoms with Gasteiger partial charge in [0.2, 0.25) is 11.8 Å². The highest BCUT2D eigenvalue weighted by molar-refractivity contribution is 5.90. The van der Waals surface area contributed by atoms with Crippen molar-refractivity contribution in [1.82, 2.24) is 14.9 Å². The zero-order valence-corrected chi connectivity index (χ0v) is 15.7. The van der Waals surface area contributed by atoms with Gasteiger partial charge in [-0.3, -0.25) is 9.59 Å². The third-order valence-electron chi connectivity index (χ3n) is 4.20. The van der Waals surface area contributed by atoms with Crippen LogP contribution in [0, 0.1) is 5.92 Å². The third-order valence-corrected chi connectivity index (χ3v) is 4.20. The number of nitrogens with one attached hydrogen (secondary N) is 2. The first kappa shape index (κ1) is 19.7. The van der Waals surface area contributed by atoms with E-state index in [0.29, 0.717) is 25.3 Å². The lowest BCUT2D eigenvalue weighted by Crippen LogP contribution is -2.42. The lowest BCUT2D eigenvalue weighted by molar-refractivity contribution is -0.121. The molecule has 0 spiro atoms. The molecule has 2 rings (SSSR count). The average molecular weight is 356 g/mol. The molecule has 0 saturated carbocycles. The number of aromatic nitrogens is 2. The van der Waals surface area contributed by atoms with Gasteiger partial charge in [0.05, 0.1) is 12.7 Å². The van der Waals surface area contributed by atoms with Gasteiger partial charge < -0.3 is 15.2 Å². The minimum Gasteiger partial charge on any atom is -0.351 e. The van der Waals surface area contributed by atoms with E-state index < -0.39 is 0 Å². The van der Waals surface area contributed by atoms with Crippen molar-refractivity contribution in [2.24, 2.45) is 5.92 Å². The standard InChI is InChI=1S/C20H28N4O2/c1-4-5-19(25)22-17-8-6-16(7-9-17)12-20(26)23-18(15(2)3)13-24-11-10-21-14-24/h6-11,14-15,18H,4-5,12-13H2,1-3H3,(H,22,25)(H,23,26). The van der Waals surface area contributed by atoms with Gasteiger partial charge in [-0.25, -0.2) is 4.98 Å². The van der Waals surface area contributed by atoms with Crippen LogP contribution in [0.2, 0.25) is 0 Å². The Balaban J connectivity index is 1.88. The number of benzene rings is 1. The highest BCUT2D eigenvalue weighted by atomic mass is 16.2. The fraction of sp³-hybridized carbons (Fsp3) is 0.450. The topological polar surface area (TPSA) is 76.0 Å². The third kappa shape index (κ3) is 6.35. The molecule has 2 N–H and O–H groups in total. The van der Waals surface area contributed by atoms with Crippen LogP contribution >= 0.6 is 0 Å². The summed E-state index contributed by atoms with van der Waals surface area (Å²) in [6, 6.07) is 7.47. The van der Waals surface area contributed by atoms with E-state index in [0.717, 1.165) is 17.7 Å². The molecule has 0 saturated heterocycles. The molecule has 1 unspecified atom stereocenters. The van der Waals surface area contributed by atoms with Crippen LogP contribution in [0.3, 0.4) is 0 Å². The van der Waals surface area contributed by atoms with Crippen molar-refractivity contribution >= 4 is 17.5 Å². The summed E-state index contributed by atoms with van der Waals surface area (Å²) in [4.78, 5) is 28.0. The normalized spacial score (nSPS) is 12.0. The van der Waals surface area contributed by atoms with Crippen LogP contribution in [0.4, 0.5) is 5.69 Å². The number of hydrogen-bond donors (Lipinski definition) is 2. The van der Waals surface area contributed by atoms with E-state index in [1.807, 2.05) is 42.0 Å². The summed E-state index contributed by atoms with van der Waals surface area (Å²) in [5, 5.41) is 5.96. The van der Waals surface area contributed by atoms with Gasteiger partial charge in [-0.2, -0.15) is 0 Å². The Morgan fingerprint density at radius 2 is 1.88 bits per heavy atom. The molecule has 0 bridgehead atoms. The molecule has 140 valence electrons. The van der Waals surface area contributed by atoms with E-state index in [2.05, 4.69) is 29.5 Å². The van der Waals surface area contributed by atoms with Crippen molar-refractivity contribution in [2.45, 2.75) is 52.6 Å². The molecule has 2 aromatic rings. The average Bonchev–Trinajstić information content (AvgIpc) is 3.09. The molecule has 0 radical (unpaired) electrons. The van der Waals surface area contributed by atoms with Crippen molar-refractivity contribution in [3.63, 3.8) is 0 Å². The smallest absolute Gasteiger partial charge is 0.224 e. The first-order valence-electron chi connectivity index (χ1n) is 9.11. The van der Waals surface area contributed by atoms with Crippen LogP contribution in [0.1, 0.15) is 39.2 Å². The van der Waals surface area contributed by atoms with E-state index in [4.69, 9.17) is 0 Å². The van der Waals surface area contributed by atoms with Crippen molar-refractivity contribution in [3.8, 4) is 0 Å². The molecular weight excluding hydrogens is 328 g/mol. The zero-order chi connectivity index (χ0) is 18.9. The highest BCUT2D eigenvalue weighted by Gasteiger charge is 2.17. The second-order valence-electron chi connectivity index (χ2n) is 6.85. The molecule has 1 aromatic heterocycles. The maximum atomic E-state index is 12.4. The Labute approximate surface area is 155 Å². The molecule has 1 aromatic carbocycles. The Bertz CT molecular complexity index is 693. The summed E-state index contributed by atoms with van der Waals surface area (Å²) < 4.78 is 1.97. The maximum Gasteiger partial charge on any atom is 0.224 e. The van der Waals surface area contributed by atoms with E-state index in [1.54, 1.807) is 12.5 Å². The zero-order valence-electron chi connectivity index (χ0n) is 15.7. The highest BCUT2D eigenvalue weighted by Crippen LogP contribution is 2.12. The number of imidazole rings is 1. The first-order valence-corrected chi connectivity index (χ1v) is 9.11. The summed E-state index contributed by atoms with van der Waals surface area (Å²) in [6.07, 6.45) is 7.04. The van der Waals surface area contributed by atoms with E-state index >= 15 is 0 Å². The Morgan fingerprint density at radius 1 is 1.15 bits per heavy atom. The van der Waals surface area contributed by atoms with Gasteiger partial charge in [-0.15, -0.1) is 0 Å². The number of rotatable bonds is 9. The van der Waals surface area contributed by atoms with E-state index in [-0.39, 0.29) is 17.9 Å². The van der Waals surface area contributed by atoms with Crippen molar-refractivity contribution in [1.29, 1.82) is 0 Å². The Hall–Kier alpha value is -2.63. The molecule has 0 aliphatic carbocycles. The Morgan fingerprint density at radius 3 is 2.46 bits per heavy atom. The maximum absolute atomic E-state index is 12.4. The molecule has 6 heteroatoms. The summed E-state index contributed by atoms with van der Waals surface area (Å²) in [5.74, 6) is 0.321. The van der Waals surface area contributed by atoms with E-state index in [9.17, 15) is 9.59 Å². The molecule has 0 aliphatic heterocycles. The largest absolute Gasteiger partial charge is 0.351 e. The van der Waals surface area contributed by atoms with Crippen LogP contribution in [0.15, 0.2) is 43.0 Å².